The Labute approximate surface area is 142 Å². The number of nitrogens with zero attached hydrogens (tertiary/aromatic N) is 2. The fourth-order valence-electron chi connectivity index (χ4n) is 4.18. The van der Waals surface area contributed by atoms with Gasteiger partial charge in [0, 0.05) is 31.4 Å². The van der Waals surface area contributed by atoms with E-state index in [1.165, 1.54) is 11.6 Å². The predicted octanol–water partition coefficient (Wildman–Crippen LogP) is 3.76. The van der Waals surface area contributed by atoms with E-state index in [0.29, 0.717) is 5.92 Å². The summed E-state index contributed by atoms with van der Waals surface area (Å²) in [6.07, 6.45) is 7.08. The molecule has 3 heterocycles. The average Bonchev–Trinajstić information content (AvgIpc) is 2.99. The van der Waals surface area contributed by atoms with E-state index in [2.05, 4.69) is 16.0 Å². The predicted molar refractivity (Wildman–Crippen MR) is 91.2 cm³/mol. The lowest BCUT2D eigenvalue weighted by Crippen LogP contribution is -2.47. The Hall–Kier alpha value is -1.78. The van der Waals surface area contributed by atoms with Crippen molar-refractivity contribution in [2.24, 2.45) is 0 Å². The first-order valence-electron chi connectivity index (χ1n) is 8.73. The number of ether oxygens (including phenoxy) is 1. The molecule has 0 saturated carbocycles. The largest absolute Gasteiger partial charge is 0.373 e. The highest BCUT2D eigenvalue weighted by Crippen LogP contribution is 2.41. The Morgan fingerprint density at radius 2 is 2.25 bits per heavy atom. The van der Waals surface area contributed by atoms with Gasteiger partial charge >= 0.3 is 0 Å². The summed E-state index contributed by atoms with van der Waals surface area (Å²) in [5.74, 6) is 0.279. The van der Waals surface area contributed by atoms with Gasteiger partial charge in [0.1, 0.15) is 5.82 Å². The van der Waals surface area contributed by atoms with Gasteiger partial charge in [0.05, 0.1) is 12.2 Å². The third-order valence-corrected chi connectivity index (χ3v) is 5.28. The minimum absolute atomic E-state index is 0.0495. The van der Waals surface area contributed by atoms with Gasteiger partial charge in [0.15, 0.2) is 0 Å². The van der Waals surface area contributed by atoms with Gasteiger partial charge in [-0.05, 0) is 55.1 Å². The zero-order valence-corrected chi connectivity index (χ0v) is 13.8. The molecule has 2 atom stereocenters. The molecule has 2 saturated heterocycles. The zero-order chi connectivity index (χ0) is 16.4. The molecule has 0 N–H and O–H groups in total. The van der Waals surface area contributed by atoms with Crippen LogP contribution < -0.4 is 0 Å². The second-order valence-corrected chi connectivity index (χ2v) is 7.13. The molecule has 4 rings (SSSR count). The number of rotatable bonds is 3. The van der Waals surface area contributed by atoms with Crippen molar-refractivity contribution in [2.75, 3.05) is 19.7 Å². The fourth-order valence-corrected chi connectivity index (χ4v) is 4.18. The van der Waals surface area contributed by atoms with Crippen LogP contribution in [-0.4, -0.2) is 35.2 Å². The molecule has 3 nitrogen and oxygen atoms in total. The van der Waals surface area contributed by atoms with Crippen LogP contribution in [0.3, 0.4) is 0 Å². The molecule has 1 aromatic heterocycles. The molecule has 4 heteroatoms. The lowest BCUT2D eigenvalue weighted by atomic mass is 9.84. The first-order valence-corrected chi connectivity index (χ1v) is 8.73. The summed E-state index contributed by atoms with van der Waals surface area (Å²) in [7, 11) is 0. The molecular weight excluding hydrogens is 303 g/mol. The number of halogens is 1. The van der Waals surface area contributed by atoms with Crippen molar-refractivity contribution in [3.63, 3.8) is 0 Å². The van der Waals surface area contributed by atoms with Gasteiger partial charge in [-0.15, -0.1) is 0 Å². The summed E-state index contributed by atoms with van der Waals surface area (Å²) in [5, 5.41) is 0. The van der Waals surface area contributed by atoms with Crippen LogP contribution in [0.4, 0.5) is 4.39 Å². The summed E-state index contributed by atoms with van der Waals surface area (Å²) in [5.41, 5.74) is 2.26. The first-order chi connectivity index (χ1) is 11.7. The first kappa shape index (κ1) is 15.7. The van der Waals surface area contributed by atoms with Gasteiger partial charge < -0.3 is 4.74 Å². The maximum atomic E-state index is 13.4. The van der Waals surface area contributed by atoms with Gasteiger partial charge in [0.2, 0.25) is 0 Å². The lowest BCUT2D eigenvalue weighted by Gasteiger charge is -2.40. The van der Waals surface area contributed by atoms with Crippen LogP contribution in [-0.2, 0) is 11.3 Å². The van der Waals surface area contributed by atoms with Crippen LogP contribution in [0.2, 0.25) is 0 Å². The normalized spacial score (nSPS) is 27.6. The molecule has 2 aliphatic rings. The standard InChI is InChI=1S/C20H23FN2O/c21-19-6-1-4-16(10-19)13-23-9-3-7-20(15-23)11-18(14-24-20)17-5-2-8-22-12-17/h1-2,4-6,8,10,12,18H,3,7,9,11,13-15H2. The van der Waals surface area contributed by atoms with E-state index in [1.807, 2.05) is 24.5 Å². The monoisotopic (exact) mass is 326 g/mol. The number of aromatic nitrogens is 1. The summed E-state index contributed by atoms with van der Waals surface area (Å²) in [4.78, 5) is 6.65. The Morgan fingerprint density at radius 1 is 1.29 bits per heavy atom. The lowest BCUT2D eigenvalue weighted by molar-refractivity contribution is -0.0533. The van der Waals surface area contributed by atoms with Crippen molar-refractivity contribution in [3.8, 4) is 0 Å². The molecule has 2 aromatic rings. The van der Waals surface area contributed by atoms with Crippen molar-refractivity contribution in [3.05, 3.63) is 65.7 Å². The Bertz CT molecular complexity index is 693. The maximum absolute atomic E-state index is 13.4. The van der Waals surface area contributed by atoms with Crippen molar-refractivity contribution in [2.45, 2.75) is 37.3 Å². The second kappa shape index (κ2) is 6.61. The van der Waals surface area contributed by atoms with E-state index < -0.39 is 0 Å². The van der Waals surface area contributed by atoms with Crippen LogP contribution in [0.5, 0.6) is 0 Å². The number of benzene rings is 1. The molecular formula is C20H23FN2O. The molecule has 0 amide bonds. The number of pyridine rings is 1. The van der Waals surface area contributed by atoms with Crippen LogP contribution in [0.25, 0.3) is 0 Å². The Balaban J connectivity index is 1.43. The third-order valence-electron chi connectivity index (χ3n) is 5.28. The van der Waals surface area contributed by atoms with E-state index in [4.69, 9.17) is 4.74 Å². The SMILES string of the molecule is Fc1cccc(CN2CCCC3(CC(c4cccnc4)CO3)C2)c1. The van der Waals surface area contributed by atoms with Gasteiger partial charge in [-0.3, -0.25) is 9.88 Å². The minimum atomic E-state index is -0.159. The molecule has 0 radical (unpaired) electrons. The molecule has 24 heavy (non-hydrogen) atoms. The third kappa shape index (κ3) is 3.35. The number of piperidine rings is 1. The zero-order valence-electron chi connectivity index (χ0n) is 13.8. The van der Waals surface area contributed by atoms with Crippen molar-refractivity contribution >= 4 is 0 Å². The van der Waals surface area contributed by atoms with Gasteiger partial charge in [-0.2, -0.15) is 0 Å². The van der Waals surface area contributed by atoms with E-state index >= 15 is 0 Å². The Morgan fingerprint density at radius 3 is 3.08 bits per heavy atom. The number of likely N-dealkylation sites (tertiary alicyclic amines) is 1. The molecule has 126 valence electrons. The molecule has 2 fully saturated rings. The average molecular weight is 326 g/mol. The Kier molecular flexibility index (Phi) is 4.33. The van der Waals surface area contributed by atoms with Crippen LogP contribution in [0.15, 0.2) is 48.8 Å². The number of hydrogen-bond acceptors (Lipinski definition) is 3. The number of hydrogen-bond donors (Lipinski definition) is 0. The van der Waals surface area contributed by atoms with E-state index in [9.17, 15) is 4.39 Å². The molecule has 2 unspecified atom stereocenters. The highest BCUT2D eigenvalue weighted by atomic mass is 19.1. The highest BCUT2D eigenvalue weighted by Gasteiger charge is 2.43. The molecule has 2 aliphatic heterocycles. The second-order valence-electron chi connectivity index (χ2n) is 7.13. The summed E-state index contributed by atoms with van der Waals surface area (Å²) in [6, 6.07) is 11.1. The maximum Gasteiger partial charge on any atom is 0.123 e. The molecule has 0 bridgehead atoms. The highest BCUT2D eigenvalue weighted by molar-refractivity contribution is 5.19. The van der Waals surface area contributed by atoms with Crippen LogP contribution in [0.1, 0.15) is 36.3 Å². The summed E-state index contributed by atoms with van der Waals surface area (Å²) in [6.45, 7) is 3.55. The van der Waals surface area contributed by atoms with Gasteiger partial charge in [-0.1, -0.05) is 18.2 Å². The smallest absolute Gasteiger partial charge is 0.123 e. The van der Waals surface area contributed by atoms with E-state index in [1.54, 1.807) is 12.1 Å². The molecule has 1 aromatic carbocycles. The topological polar surface area (TPSA) is 25.4 Å². The van der Waals surface area contributed by atoms with Crippen LogP contribution in [0, 0.1) is 5.82 Å². The fraction of sp³-hybridized carbons (Fsp3) is 0.450. The summed E-state index contributed by atoms with van der Waals surface area (Å²) >= 11 is 0. The van der Waals surface area contributed by atoms with E-state index in [-0.39, 0.29) is 11.4 Å². The van der Waals surface area contributed by atoms with Crippen LogP contribution >= 0.6 is 0 Å². The van der Waals surface area contributed by atoms with Crippen molar-refractivity contribution in [1.82, 2.24) is 9.88 Å². The van der Waals surface area contributed by atoms with Gasteiger partial charge in [0.25, 0.3) is 0 Å². The summed E-state index contributed by atoms with van der Waals surface area (Å²) < 4.78 is 19.7. The quantitative estimate of drug-likeness (QED) is 0.859. The van der Waals surface area contributed by atoms with Crippen molar-refractivity contribution in [1.29, 1.82) is 0 Å². The minimum Gasteiger partial charge on any atom is -0.373 e. The molecule has 1 spiro atoms. The molecule has 0 aliphatic carbocycles. The van der Waals surface area contributed by atoms with Gasteiger partial charge in [-0.25, -0.2) is 4.39 Å². The van der Waals surface area contributed by atoms with E-state index in [0.717, 1.165) is 51.1 Å². The van der Waals surface area contributed by atoms with Crippen molar-refractivity contribution < 1.29 is 9.13 Å².